The first-order chi connectivity index (χ1) is 7.81. The molecule has 0 aliphatic carbocycles. The highest BCUT2D eigenvalue weighted by Crippen LogP contribution is 2.27. The molecule has 1 saturated heterocycles. The molecular weight excluding hydrogens is 264 g/mol. The summed E-state index contributed by atoms with van der Waals surface area (Å²) in [6.45, 7) is 2.28. The normalized spacial score (nSPS) is 21.5. The largest absolute Gasteiger partial charge is 0.390 e. The number of aromatic nitrogens is 2. The van der Waals surface area contributed by atoms with Crippen LogP contribution in [-0.4, -0.2) is 46.7 Å². The van der Waals surface area contributed by atoms with Gasteiger partial charge >= 0.3 is 0 Å². The minimum Gasteiger partial charge on any atom is -0.390 e. The summed E-state index contributed by atoms with van der Waals surface area (Å²) in [5.74, 6) is 0. The molecule has 0 radical (unpaired) electrons. The molecule has 1 aliphatic heterocycles. The summed E-state index contributed by atoms with van der Waals surface area (Å²) < 4.78 is 25.4. The van der Waals surface area contributed by atoms with E-state index in [-0.39, 0.29) is 22.6 Å². The van der Waals surface area contributed by atoms with Crippen molar-refractivity contribution in [1.82, 2.24) is 14.5 Å². The Kier molecular flexibility index (Phi) is 3.10. The molecule has 2 heterocycles. The lowest BCUT2D eigenvalue weighted by Gasteiger charge is -2.34. The number of nitrogens with two attached hydrogens (primary N) is 1. The zero-order chi connectivity index (χ0) is 12.7. The Hall–Kier alpha value is -0.770. The molecule has 0 spiro atoms. The van der Waals surface area contributed by atoms with Crippen molar-refractivity contribution >= 4 is 26.5 Å². The summed E-state index contributed by atoms with van der Waals surface area (Å²) in [4.78, 5) is 0. The molecule has 0 unspecified atom stereocenters. The summed E-state index contributed by atoms with van der Waals surface area (Å²) in [6, 6.07) is 0. The molecule has 17 heavy (non-hydrogen) atoms. The van der Waals surface area contributed by atoms with Gasteiger partial charge in [-0.15, -0.1) is 10.2 Å². The smallest absolute Gasteiger partial charge is 0.272 e. The van der Waals surface area contributed by atoms with Gasteiger partial charge in [-0.3, -0.25) is 0 Å². The Bertz CT molecular complexity index is 501. The molecule has 0 aromatic carbocycles. The Morgan fingerprint density at radius 3 is 2.47 bits per heavy atom. The number of hydrogen-bond donors (Lipinski definition) is 2. The number of rotatable bonds is 2. The van der Waals surface area contributed by atoms with E-state index in [1.54, 1.807) is 6.92 Å². The first-order valence-electron chi connectivity index (χ1n) is 5.13. The van der Waals surface area contributed by atoms with Gasteiger partial charge in [0.1, 0.15) is 0 Å². The second kappa shape index (κ2) is 4.16. The van der Waals surface area contributed by atoms with Crippen LogP contribution < -0.4 is 5.73 Å². The number of hydrogen-bond acceptors (Lipinski definition) is 7. The number of nitrogen functional groups attached to an aromatic ring is 1. The van der Waals surface area contributed by atoms with Crippen LogP contribution >= 0.6 is 11.3 Å². The first kappa shape index (κ1) is 12.7. The van der Waals surface area contributed by atoms with Crippen molar-refractivity contribution in [3.05, 3.63) is 0 Å². The number of anilines is 1. The van der Waals surface area contributed by atoms with Gasteiger partial charge in [-0.1, -0.05) is 11.3 Å². The van der Waals surface area contributed by atoms with Gasteiger partial charge in [-0.05, 0) is 19.8 Å². The Morgan fingerprint density at radius 2 is 2.00 bits per heavy atom. The van der Waals surface area contributed by atoms with E-state index < -0.39 is 15.6 Å². The number of nitrogens with zero attached hydrogens (tertiary/aromatic N) is 3. The minimum absolute atomic E-state index is 0.0865. The quantitative estimate of drug-likeness (QED) is 0.765. The molecule has 9 heteroatoms. The number of sulfonamides is 1. The molecule has 1 aliphatic rings. The fraction of sp³-hybridized carbons (Fsp3) is 0.750. The Labute approximate surface area is 103 Å². The van der Waals surface area contributed by atoms with Crippen LogP contribution in [0, 0.1) is 0 Å². The first-order valence-corrected chi connectivity index (χ1v) is 7.38. The molecule has 1 aromatic heterocycles. The number of aliphatic hydroxyl groups is 1. The van der Waals surface area contributed by atoms with Gasteiger partial charge < -0.3 is 10.8 Å². The van der Waals surface area contributed by atoms with Crippen molar-refractivity contribution in [3.8, 4) is 0 Å². The average Bonchev–Trinajstić information content (AvgIpc) is 2.65. The van der Waals surface area contributed by atoms with E-state index in [4.69, 9.17) is 5.73 Å². The molecule has 0 bridgehead atoms. The fourth-order valence-corrected chi connectivity index (χ4v) is 4.01. The fourth-order valence-electron chi connectivity index (χ4n) is 1.64. The van der Waals surface area contributed by atoms with Crippen molar-refractivity contribution in [1.29, 1.82) is 0 Å². The third-order valence-electron chi connectivity index (χ3n) is 2.78. The molecule has 3 N–H and O–H groups in total. The van der Waals surface area contributed by atoms with Crippen molar-refractivity contribution in [2.75, 3.05) is 18.8 Å². The van der Waals surface area contributed by atoms with Gasteiger partial charge in [-0.25, -0.2) is 8.42 Å². The van der Waals surface area contributed by atoms with E-state index in [1.165, 1.54) is 4.31 Å². The SMILES string of the molecule is CC1(O)CCN(S(=O)(=O)c2nnc(N)s2)CC1. The molecule has 7 nitrogen and oxygen atoms in total. The van der Waals surface area contributed by atoms with Crippen LogP contribution in [0.4, 0.5) is 5.13 Å². The maximum absolute atomic E-state index is 12.1. The topological polar surface area (TPSA) is 109 Å². The molecule has 2 rings (SSSR count). The van der Waals surface area contributed by atoms with Gasteiger partial charge in [0.25, 0.3) is 10.0 Å². The van der Waals surface area contributed by atoms with Gasteiger partial charge in [0, 0.05) is 13.1 Å². The second-order valence-electron chi connectivity index (χ2n) is 4.31. The van der Waals surface area contributed by atoms with Crippen LogP contribution in [0.15, 0.2) is 4.34 Å². The third kappa shape index (κ3) is 2.57. The van der Waals surface area contributed by atoms with Crippen LogP contribution in [0.1, 0.15) is 19.8 Å². The van der Waals surface area contributed by atoms with Crippen molar-refractivity contribution in [3.63, 3.8) is 0 Å². The predicted octanol–water partition coefficient (Wildman–Crippen LogP) is -0.344. The maximum atomic E-state index is 12.1. The molecule has 1 fully saturated rings. The highest BCUT2D eigenvalue weighted by molar-refractivity contribution is 7.91. The second-order valence-corrected chi connectivity index (χ2v) is 7.43. The Morgan fingerprint density at radius 1 is 1.41 bits per heavy atom. The van der Waals surface area contributed by atoms with E-state index in [1.807, 2.05) is 0 Å². The monoisotopic (exact) mass is 278 g/mol. The maximum Gasteiger partial charge on any atom is 0.272 e. The number of piperidine rings is 1. The highest BCUT2D eigenvalue weighted by atomic mass is 32.2. The highest BCUT2D eigenvalue weighted by Gasteiger charge is 2.35. The van der Waals surface area contributed by atoms with E-state index in [2.05, 4.69) is 10.2 Å². The van der Waals surface area contributed by atoms with Crippen LogP contribution in [0.2, 0.25) is 0 Å². The molecule has 96 valence electrons. The van der Waals surface area contributed by atoms with Gasteiger partial charge in [0.15, 0.2) is 0 Å². The zero-order valence-corrected chi connectivity index (χ0v) is 11.0. The van der Waals surface area contributed by atoms with Gasteiger partial charge in [-0.2, -0.15) is 4.31 Å². The predicted molar refractivity (Wildman–Crippen MR) is 62.9 cm³/mol. The molecular formula is C8H14N4O3S2. The van der Waals surface area contributed by atoms with Crippen LogP contribution in [0.3, 0.4) is 0 Å². The van der Waals surface area contributed by atoms with E-state index >= 15 is 0 Å². The van der Waals surface area contributed by atoms with Gasteiger partial charge in [0.05, 0.1) is 5.60 Å². The zero-order valence-electron chi connectivity index (χ0n) is 9.33. The minimum atomic E-state index is -3.60. The van der Waals surface area contributed by atoms with E-state index in [0.29, 0.717) is 12.8 Å². The van der Waals surface area contributed by atoms with Crippen LogP contribution in [0.5, 0.6) is 0 Å². The average molecular weight is 278 g/mol. The van der Waals surface area contributed by atoms with Crippen LogP contribution in [0.25, 0.3) is 0 Å². The molecule has 0 atom stereocenters. The van der Waals surface area contributed by atoms with E-state index in [9.17, 15) is 13.5 Å². The molecule has 1 aromatic rings. The lowest BCUT2D eigenvalue weighted by molar-refractivity contribution is 0.0126. The summed E-state index contributed by atoms with van der Waals surface area (Å²) >= 11 is 0.852. The molecule has 0 amide bonds. The summed E-state index contributed by atoms with van der Waals surface area (Å²) in [5.41, 5.74) is 4.58. The van der Waals surface area contributed by atoms with Crippen molar-refractivity contribution in [2.45, 2.75) is 29.7 Å². The molecule has 0 saturated carbocycles. The lowest BCUT2D eigenvalue weighted by Crippen LogP contribution is -2.45. The van der Waals surface area contributed by atoms with Crippen molar-refractivity contribution < 1.29 is 13.5 Å². The lowest BCUT2D eigenvalue weighted by atomic mass is 9.95. The van der Waals surface area contributed by atoms with E-state index in [0.717, 1.165) is 11.3 Å². The van der Waals surface area contributed by atoms with Gasteiger partial charge in [0.2, 0.25) is 9.47 Å². The van der Waals surface area contributed by atoms with Crippen LogP contribution in [-0.2, 0) is 10.0 Å². The standard InChI is InChI=1S/C8H14N4O3S2/c1-8(13)2-4-12(5-3-8)17(14,15)7-11-10-6(9)16-7/h13H,2-5H2,1H3,(H2,9,10). The third-order valence-corrected chi connectivity index (χ3v) is 5.78. The Balaban J connectivity index is 2.18. The van der Waals surface area contributed by atoms with Crippen molar-refractivity contribution in [2.24, 2.45) is 0 Å². The summed E-state index contributed by atoms with van der Waals surface area (Å²) in [7, 11) is -3.60. The summed E-state index contributed by atoms with van der Waals surface area (Å²) in [6.07, 6.45) is 0.834. The summed E-state index contributed by atoms with van der Waals surface area (Å²) in [5, 5.41) is 16.9.